The molecule has 52 valence electrons. The van der Waals surface area contributed by atoms with E-state index in [1.54, 1.807) is 0 Å². The molecule has 0 aromatic heterocycles. The van der Waals surface area contributed by atoms with Crippen LogP contribution in [-0.4, -0.2) is 17.6 Å². The molecule has 1 heterocycles. The van der Waals surface area contributed by atoms with Crippen LogP contribution < -0.4 is 5.32 Å². The van der Waals surface area contributed by atoms with Crippen molar-refractivity contribution in [1.82, 2.24) is 5.32 Å². The number of ketones is 1. The molecule has 0 aromatic carbocycles. The molecule has 0 radical (unpaired) electrons. The highest BCUT2D eigenvalue weighted by atomic mass is 16.2. The van der Waals surface area contributed by atoms with E-state index in [1.807, 2.05) is 5.32 Å². The van der Waals surface area contributed by atoms with Crippen LogP contribution in [0.1, 0.15) is 6.92 Å². The van der Waals surface area contributed by atoms with E-state index in [0.717, 1.165) is 6.08 Å². The van der Waals surface area contributed by atoms with Crippen LogP contribution >= 0.6 is 0 Å². The van der Waals surface area contributed by atoms with Crippen LogP contribution in [0.25, 0.3) is 0 Å². The molecule has 4 heteroatoms. The van der Waals surface area contributed by atoms with Gasteiger partial charge in [0.25, 0.3) is 11.8 Å². The number of hydrogen-bond donors (Lipinski definition) is 1. The maximum atomic E-state index is 10.6. The molecule has 0 unspecified atom stereocenters. The molecule has 1 aliphatic rings. The van der Waals surface area contributed by atoms with Crippen molar-refractivity contribution in [2.24, 2.45) is 0 Å². The molecule has 0 fully saturated rings. The first-order chi connectivity index (χ1) is 4.61. The van der Waals surface area contributed by atoms with Gasteiger partial charge in [0.2, 0.25) is 5.78 Å². The summed E-state index contributed by atoms with van der Waals surface area (Å²) in [5.41, 5.74) is 0.268. The summed E-state index contributed by atoms with van der Waals surface area (Å²) in [5.74, 6) is -2.02. The average molecular weight is 139 g/mol. The van der Waals surface area contributed by atoms with E-state index in [-0.39, 0.29) is 5.57 Å². The predicted octanol–water partition coefficient (Wildman–Crippen LogP) is -0.842. The van der Waals surface area contributed by atoms with E-state index in [9.17, 15) is 14.4 Å². The van der Waals surface area contributed by atoms with Crippen molar-refractivity contribution in [2.75, 3.05) is 0 Å². The first kappa shape index (κ1) is 6.67. The van der Waals surface area contributed by atoms with Crippen LogP contribution in [0.15, 0.2) is 11.6 Å². The molecule has 0 atom stereocenters. The first-order valence-electron chi connectivity index (χ1n) is 2.69. The fourth-order valence-corrected chi connectivity index (χ4v) is 0.591. The van der Waals surface area contributed by atoms with Crippen molar-refractivity contribution in [3.8, 4) is 0 Å². The zero-order chi connectivity index (χ0) is 7.72. The smallest absolute Gasteiger partial charge is 0.286 e. The maximum Gasteiger partial charge on any atom is 0.298 e. The molecule has 0 saturated carbocycles. The molecule has 2 amide bonds. The Bertz CT molecular complexity index is 252. The third-order valence-corrected chi connectivity index (χ3v) is 1.16. The monoisotopic (exact) mass is 139 g/mol. The van der Waals surface area contributed by atoms with E-state index in [0.29, 0.717) is 0 Å². The minimum Gasteiger partial charge on any atom is -0.286 e. The lowest BCUT2D eigenvalue weighted by Gasteiger charge is -2.06. The number of imide groups is 1. The van der Waals surface area contributed by atoms with Gasteiger partial charge in [0, 0.05) is 5.57 Å². The Hall–Kier alpha value is -1.45. The third kappa shape index (κ3) is 0.953. The van der Waals surface area contributed by atoms with Crippen molar-refractivity contribution >= 4 is 17.6 Å². The number of carbonyl (C=O) groups is 3. The molecule has 1 N–H and O–H groups in total. The molecule has 4 nitrogen and oxygen atoms in total. The van der Waals surface area contributed by atoms with Crippen molar-refractivity contribution in [2.45, 2.75) is 6.92 Å². The summed E-state index contributed by atoms with van der Waals surface area (Å²) in [7, 11) is 0. The van der Waals surface area contributed by atoms with Gasteiger partial charge >= 0.3 is 0 Å². The highest BCUT2D eigenvalue weighted by Gasteiger charge is 2.21. The summed E-state index contributed by atoms with van der Waals surface area (Å²) in [6.07, 6.45) is 1.03. The molecule has 0 saturated heterocycles. The number of hydrogen-bond acceptors (Lipinski definition) is 3. The number of nitrogens with one attached hydrogen (secondary N) is 1. The summed E-state index contributed by atoms with van der Waals surface area (Å²) >= 11 is 0. The van der Waals surface area contributed by atoms with Gasteiger partial charge in [0.05, 0.1) is 0 Å². The second-order valence-corrected chi connectivity index (χ2v) is 1.97. The van der Waals surface area contributed by atoms with Gasteiger partial charge in [0.1, 0.15) is 0 Å². The topological polar surface area (TPSA) is 63.2 Å². The number of amides is 2. The molecule has 0 aliphatic carbocycles. The Morgan fingerprint density at radius 2 is 1.80 bits per heavy atom. The lowest BCUT2D eigenvalue weighted by atomic mass is 10.1. The Labute approximate surface area is 56.9 Å². The largest absolute Gasteiger partial charge is 0.298 e. The molecule has 0 spiro atoms. The Balaban J connectivity index is 3.01. The van der Waals surface area contributed by atoms with Gasteiger partial charge in [-0.1, -0.05) is 0 Å². The van der Waals surface area contributed by atoms with Gasteiger partial charge in [0.15, 0.2) is 0 Å². The van der Waals surface area contributed by atoms with Crippen LogP contribution in [0.2, 0.25) is 0 Å². The van der Waals surface area contributed by atoms with E-state index >= 15 is 0 Å². The maximum absolute atomic E-state index is 10.6. The Kier molecular flexibility index (Phi) is 1.37. The van der Waals surface area contributed by atoms with Crippen LogP contribution in [0.3, 0.4) is 0 Å². The van der Waals surface area contributed by atoms with Gasteiger partial charge in [-0.05, 0) is 13.0 Å². The average Bonchev–Trinajstić information content (AvgIpc) is 1.84. The summed E-state index contributed by atoms with van der Waals surface area (Å²) in [5, 5.41) is 1.88. The standard InChI is InChI=1S/C6H5NO3/c1-3-2-4(8)6(10)7-5(3)9/h2H,1H3,(H,7,9,10). The van der Waals surface area contributed by atoms with Crippen molar-refractivity contribution in [3.05, 3.63) is 11.6 Å². The highest BCUT2D eigenvalue weighted by molar-refractivity contribution is 6.46. The van der Waals surface area contributed by atoms with Crippen molar-refractivity contribution in [3.63, 3.8) is 0 Å². The van der Waals surface area contributed by atoms with E-state index in [2.05, 4.69) is 0 Å². The second kappa shape index (κ2) is 2.06. The van der Waals surface area contributed by atoms with Crippen molar-refractivity contribution in [1.29, 1.82) is 0 Å². The fraction of sp³-hybridized carbons (Fsp3) is 0.167. The Morgan fingerprint density at radius 3 is 2.30 bits per heavy atom. The number of rotatable bonds is 0. The van der Waals surface area contributed by atoms with Crippen LogP contribution in [0.5, 0.6) is 0 Å². The van der Waals surface area contributed by atoms with E-state index in [4.69, 9.17) is 0 Å². The zero-order valence-electron chi connectivity index (χ0n) is 5.30. The summed E-state index contributed by atoms with van der Waals surface area (Å²) < 4.78 is 0. The van der Waals surface area contributed by atoms with Gasteiger partial charge < -0.3 is 0 Å². The van der Waals surface area contributed by atoms with Gasteiger partial charge in [-0.2, -0.15) is 0 Å². The molecule has 0 bridgehead atoms. The van der Waals surface area contributed by atoms with Gasteiger partial charge in [-0.25, -0.2) is 0 Å². The summed E-state index contributed by atoms with van der Waals surface area (Å²) in [6.45, 7) is 1.47. The predicted molar refractivity (Wildman–Crippen MR) is 31.9 cm³/mol. The van der Waals surface area contributed by atoms with Crippen LogP contribution in [-0.2, 0) is 14.4 Å². The molecule has 1 rings (SSSR count). The van der Waals surface area contributed by atoms with Crippen LogP contribution in [0, 0.1) is 0 Å². The van der Waals surface area contributed by atoms with E-state index in [1.165, 1.54) is 6.92 Å². The lowest BCUT2D eigenvalue weighted by molar-refractivity contribution is -0.139. The second-order valence-electron chi connectivity index (χ2n) is 1.97. The molecule has 10 heavy (non-hydrogen) atoms. The molecular weight excluding hydrogens is 134 g/mol. The van der Waals surface area contributed by atoms with Crippen LogP contribution in [0.4, 0.5) is 0 Å². The molecule has 1 aliphatic heterocycles. The number of carbonyl (C=O) groups excluding carboxylic acids is 3. The van der Waals surface area contributed by atoms with E-state index < -0.39 is 17.6 Å². The third-order valence-electron chi connectivity index (χ3n) is 1.16. The normalized spacial score (nSPS) is 18.5. The fourth-order valence-electron chi connectivity index (χ4n) is 0.591. The first-order valence-corrected chi connectivity index (χ1v) is 2.69. The quantitative estimate of drug-likeness (QED) is 0.351. The molecule has 0 aromatic rings. The highest BCUT2D eigenvalue weighted by Crippen LogP contribution is 1.98. The zero-order valence-corrected chi connectivity index (χ0v) is 5.30. The Morgan fingerprint density at radius 1 is 1.20 bits per heavy atom. The molecular formula is C6H5NO3. The van der Waals surface area contributed by atoms with Gasteiger partial charge in [-0.3, -0.25) is 19.7 Å². The SMILES string of the molecule is CC1=CC(=O)C(=O)NC1=O. The lowest BCUT2D eigenvalue weighted by Crippen LogP contribution is -2.39. The minimum atomic E-state index is -0.851. The summed E-state index contributed by atoms with van der Waals surface area (Å²) in [6, 6.07) is 0. The van der Waals surface area contributed by atoms with Crippen molar-refractivity contribution < 1.29 is 14.4 Å². The van der Waals surface area contributed by atoms with Gasteiger partial charge in [-0.15, -0.1) is 0 Å². The minimum absolute atomic E-state index is 0.268. The summed E-state index contributed by atoms with van der Waals surface area (Å²) in [4.78, 5) is 31.5.